The first kappa shape index (κ1) is 56.1. The topological polar surface area (TPSA) is 196 Å². The quantitative estimate of drug-likeness (QED) is 0.0523. The lowest BCUT2D eigenvalue weighted by Crippen LogP contribution is -2.18. The van der Waals surface area contributed by atoms with E-state index in [0.29, 0.717) is 0 Å². The summed E-state index contributed by atoms with van der Waals surface area (Å²) in [5.41, 5.74) is -12.3. The molecule has 15 nitrogen and oxygen atoms in total. The van der Waals surface area contributed by atoms with Crippen molar-refractivity contribution in [1.29, 1.82) is 0 Å². The Bertz CT molecular complexity index is 2420. The van der Waals surface area contributed by atoms with E-state index in [1.807, 2.05) is 0 Å². The van der Waals surface area contributed by atoms with Crippen LogP contribution in [-0.4, -0.2) is 79.8 Å². The van der Waals surface area contributed by atoms with Crippen LogP contribution < -0.4 is 14.2 Å². The minimum atomic E-state index is -5.49. The highest BCUT2D eigenvalue weighted by atomic mass is 32.2. The van der Waals surface area contributed by atoms with Gasteiger partial charge in [0.15, 0.2) is 0 Å². The molecule has 0 radical (unpaired) electrons. The third-order valence-electron chi connectivity index (χ3n) is 7.78. The SMILES string of the molecule is O=S(=O)(OCCOc1nc(OCCOS(=O)(=O)c2cc(C(F)(F)F)cc(C(F)(F)F)c2)nc(OCCOS(=O)(=O)c2cc(C(F)(F)F)cc(C(F)(F)F)c2)n1)c1cc(C(F)(F)F)cc(C(F)(F)F)c1. The number of ether oxygens (including phenoxy) is 3. The molecule has 0 fully saturated rings. The van der Waals surface area contributed by atoms with Gasteiger partial charge in [0.2, 0.25) is 0 Å². The van der Waals surface area contributed by atoms with Crippen LogP contribution in [0.5, 0.6) is 18.0 Å². The standard InChI is InChI=1S/C33H21F18N3O12S3/c34-28(35,36)16-7-17(29(37,38)39)11-22(10-16)67(55,56)64-4-1-61-25-52-26(62-2-5-65-68(57,58)23-12-18(30(40,41)42)8-19(13-23)31(43,44)45)54-27(53-25)63-3-6-66-69(59,60)24-14-20(32(46,47)48)9-21(15-24)33(49,50)51/h7-15H,1-6H2. The average molecular weight is 1090 g/mol. The Morgan fingerprint density at radius 1 is 0.304 bits per heavy atom. The lowest BCUT2D eigenvalue weighted by molar-refractivity contribution is -0.145. The lowest BCUT2D eigenvalue weighted by atomic mass is 10.1. The normalized spacial score (nSPS) is 13.7. The third-order valence-corrected chi connectivity index (χ3v) is 11.7. The zero-order valence-electron chi connectivity index (χ0n) is 32.7. The van der Waals surface area contributed by atoms with Crippen LogP contribution in [-0.2, 0) is 80.0 Å². The second kappa shape index (κ2) is 20.1. The van der Waals surface area contributed by atoms with Gasteiger partial charge in [-0.1, -0.05) is 0 Å². The summed E-state index contributed by atoms with van der Waals surface area (Å²) in [7, 11) is -16.4. The van der Waals surface area contributed by atoms with Crippen molar-refractivity contribution >= 4 is 30.4 Å². The largest absolute Gasteiger partial charge is 0.461 e. The van der Waals surface area contributed by atoms with Gasteiger partial charge in [0.05, 0.1) is 48.1 Å². The number of rotatable bonds is 18. The molecular weight excluding hydrogens is 1070 g/mol. The molecule has 0 aliphatic rings. The number of aromatic nitrogens is 3. The number of benzene rings is 3. The van der Waals surface area contributed by atoms with Crippen LogP contribution >= 0.6 is 0 Å². The Morgan fingerprint density at radius 2 is 0.478 bits per heavy atom. The predicted molar refractivity (Wildman–Crippen MR) is 185 cm³/mol. The Kier molecular flexibility index (Phi) is 16.4. The van der Waals surface area contributed by atoms with E-state index in [1.54, 1.807) is 0 Å². The van der Waals surface area contributed by atoms with Crippen molar-refractivity contribution in [1.82, 2.24) is 15.0 Å². The van der Waals surface area contributed by atoms with Crippen LogP contribution in [0.15, 0.2) is 69.3 Å². The fourth-order valence-corrected chi connectivity index (χ4v) is 7.66. The van der Waals surface area contributed by atoms with Crippen molar-refractivity contribution in [3.05, 3.63) is 88.0 Å². The van der Waals surface area contributed by atoms with Crippen LogP contribution in [0.3, 0.4) is 0 Å². The summed E-state index contributed by atoms with van der Waals surface area (Å²) in [5.74, 6) is 0. The Labute approximate surface area is 373 Å². The smallest absolute Gasteiger partial charge is 0.416 e. The molecule has 0 saturated carbocycles. The first-order valence-corrected chi connectivity index (χ1v) is 21.6. The molecule has 0 bridgehead atoms. The van der Waals surface area contributed by atoms with Gasteiger partial charge >= 0.3 is 55.1 Å². The molecule has 384 valence electrons. The van der Waals surface area contributed by atoms with Gasteiger partial charge in [-0.05, 0) is 54.6 Å². The van der Waals surface area contributed by atoms with E-state index in [2.05, 4.69) is 27.5 Å². The molecule has 1 aromatic heterocycles. The van der Waals surface area contributed by atoms with Crippen LogP contribution in [0.2, 0.25) is 0 Å². The minimum absolute atomic E-state index is 0.201. The molecule has 1 heterocycles. The molecule has 0 aliphatic carbocycles. The highest BCUT2D eigenvalue weighted by Gasteiger charge is 2.41. The number of nitrogens with zero attached hydrogens (tertiary/aromatic N) is 3. The molecule has 3 aromatic carbocycles. The Morgan fingerprint density at radius 3 is 0.638 bits per heavy atom. The van der Waals surface area contributed by atoms with Gasteiger partial charge in [-0.2, -0.15) is 104 Å². The summed E-state index contributed by atoms with van der Waals surface area (Å²) in [6, 6.07) is -5.64. The number of halogens is 18. The average Bonchev–Trinajstić information content (AvgIpc) is 3.20. The first-order chi connectivity index (χ1) is 31.2. The molecule has 69 heavy (non-hydrogen) atoms. The fraction of sp³-hybridized carbons (Fsp3) is 0.364. The predicted octanol–water partition coefficient (Wildman–Crippen LogP) is 8.34. The molecule has 4 rings (SSSR count). The molecular formula is C33H21F18N3O12S3. The third kappa shape index (κ3) is 15.8. The molecule has 0 spiro atoms. The monoisotopic (exact) mass is 1090 g/mol. The van der Waals surface area contributed by atoms with Crippen LogP contribution in [0.1, 0.15) is 33.4 Å². The summed E-state index contributed by atoms with van der Waals surface area (Å²) >= 11 is 0. The number of alkyl halides is 18. The molecule has 0 N–H and O–H groups in total. The summed E-state index contributed by atoms with van der Waals surface area (Å²) in [6.45, 7) is -7.14. The maximum absolute atomic E-state index is 13.3. The van der Waals surface area contributed by atoms with Crippen LogP contribution in [0.4, 0.5) is 79.0 Å². The molecule has 0 unspecified atom stereocenters. The summed E-state index contributed by atoms with van der Waals surface area (Å²) in [4.78, 5) is 5.51. The first-order valence-electron chi connectivity index (χ1n) is 17.4. The van der Waals surface area contributed by atoms with Crippen LogP contribution in [0.25, 0.3) is 0 Å². The van der Waals surface area contributed by atoms with E-state index in [-0.39, 0.29) is 36.4 Å². The summed E-state index contributed by atoms with van der Waals surface area (Å²) < 4.78 is 342. The zero-order chi connectivity index (χ0) is 52.4. The van der Waals surface area contributed by atoms with Gasteiger partial charge < -0.3 is 14.2 Å². The number of hydrogen-bond acceptors (Lipinski definition) is 15. The lowest BCUT2D eigenvalue weighted by Gasteiger charge is -2.15. The van der Waals surface area contributed by atoms with E-state index in [4.69, 9.17) is 14.2 Å². The van der Waals surface area contributed by atoms with Crippen molar-refractivity contribution < 1.29 is 131 Å². The van der Waals surface area contributed by atoms with Crippen LogP contribution in [0, 0.1) is 0 Å². The van der Waals surface area contributed by atoms with Gasteiger partial charge in [0.25, 0.3) is 30.4 Å². The minimum Gasteiger partial charge on any atom is -0.461 e. The van der Waals surface area contributed by atoms with Crippen molar-refractivity contribution in [3.63, 3.8) is 0 Å². The van der Waals surface area contributed by atoms with E-state index < -0.39 is 191 Å². The second-order valence-corrected chi connectivity index (χ2v) is 17.6. The van der Waals surface area contributed by atoms with E-state index in [9.17, 15) is 104 Å². The van der Waals surface area contributed by atoms with Crippen molar-refractivity contribution in [3.8, 4) is 18.0 Å². The van der Waals surface area contributed by atoms with Gasteiger partial charge in [0.1, 0.15) is 39.6 Å². The highest BCUT2D eigenvalue weighted by molar-refractivity contribution is 7.87. The summed E-state index contributed by atoms with van der Waals surface area (Å²) in [6.07, 6.45) is -32.9. The number of hydrogen-bond donors (Lipinski definition) is 0. The fourth-order valence-electron chi connectivity index (χ4n) is 4.76. The molecule has 0 atom stereocenters. The van der Waals surface area contributed by atoms with E-state index >= 15 is 0 Å². The summed E-state index contributed by atoms with van der Waals surface area (Å²) in [5, 5.41) is 0. The maximum Gasteiger partial charge on any atom is 0.416 e. The Hall–Kier alpha value is -5.46. The highest BCUT2D eigenvalue weighted by Crippen LogP contribution is 2.40. The van der Waals surface area contributed by atoms with Gasteiger partial charge in [-0.15, -0.1) is 15.0 Å². The molecule has 0 aliphatic heterocycles. The van der Waals surface area contributed by atoms with Crippen molar-refractivity contribution in [2.45, 2.75) is 51.7 Å². The molecule has 0 amide bonds. The van der Waals surface area contributed by atoms with Crippen molar-refractivity contribution in [2.24, 2.45) is 0 Å². The molecule has 36 heteroatoms. The van der Waals surface area contributed by atoms with Gasteiger partial charge in [-0.25, -0.2) is 0 Å². The molecule has 0 saturated heterocycles. The van der Waals surface area contributed by atoms with E-state index in [0.717, 1.165) is 0 Å². The Balaban J connectivity index is 1.54. The van der Waals surface area contributed by atoms with Gasteiger partial charge in [0, 0.05) is 0 Å². The zero-order valence-corrected chi connectivity index (χ0v) is 35.2. The van der Waals surface area contributed by atoms with Gasteiger partial charge in [-0.3, -0.25) is 12.5 Å². The van der Waals surface area contributed by atoms with E-state index in [1.165, 1.54) is 0 Å². The van der Waals surface area contributed by atoms with Crippen molar-refractivity contribution in [2.75, 3.05) is 39.6 Å². The second-order valence-electron chi connectivity index (χ2n) is 12.8. The maximum atomic E-state index is 13.3. The molecule has 4 aromatic rings.